The van der Waals surface area contributed by atoms with E-state index in [4.69, 9.17) is 0 Å². The smallest absolute Gasteiger partial charge is 0.271 e. The average molecular weight is 332 g/mol. The number of piperazine rings is 1. The van der Waals surface area contributed by atoms with Crippen LogP contribution in [-0.4, -0.2) is 59.3 Å². The van der Waals surface area contributed by atoms with E-state index in [-0.39, 0.29) is 30.0 Å². The van der Waals surface area contributed by atoms with Crippen molar-refractivity contribution in [3.05, 3.63) is 34.4 Å². The second-order valence-corrected chi connectivity index (χ2v) is 6.14. The molecule has 0 unspecified atom stereocenters. The minimum Gasteiger partial charge on any atom is -0.376 e. The molecule has 0 bridgehead atoms. The molecule has 24 heavy (non-hydrogen) atoms. The van der Waals surface area contributed by atoms with Crippen LogP contribution in [0.5, 0.6) is 0 Å². The van der Waals surface area contributed by atoms with Crippen LogP contribution in [0.25, 0.3) is 0 Å². The Morgan fingerprint density at radius 1 is 1.17 bits per heavy atom. The summed E-state index contributed by atoms with van der Waals surface area (Å²) in [6, 6.07) is 6.07. The van der Waals surface area contributed by atoms with Crippen molar-refractivity contribution in [3.8, 4) is 0 Å². The van der Waals surface area contributed by atoms with E-state index >= 15 is 0 Å². The van der Waals surface area contributed by atoms with E-state index < -0.39 is 4.92 Å². The third kappa shape index (κ3) is 3.81. The molecule has 1 aromatic carbocycles. The summed E-state index contributed by atoms with van der Waals surface area (Å²) >= 11 is 0. The van der Waals surface area contributed by atoms with E-state index in [0.717, 1.165) is 12.8 Å². The molecule has 0 aromatic heterocycles. The predicted octanol–water partition coefficient (Wildman–Crippen LogP) is 1.09. The second kappa shape index (κ2) is 6.86. The van der Waals surface area contributed by atoms with Gasteiger partial charge in [-0.3, -0.25) is 19.7 Å². The average Bonchev–Trinajstić information content (AvgIpc) is 3.44. The Morgan fingerprint density at radius 3 is 2.46 bits per heavy atom. The third-order valence-corrected chi connectivity index (χ3v) is 4.37. The number of nitro groups is 1. The number of nitro benzene ring substituents is 1. The Labute approximate surface area is 139 Å². The van der Waals surface area contributed by atoms with Crippen molar-refractivity contribution < 1.29 is 14.5 Å². The fraction of sp³-hybridized carbons (Fsp3) is 0.500. The molecule has 0 spiro atoms. The summed E-state index contributed by atoms with van der Waals surface area (Å²) < 4.78 is 0. The zero-order valence-electron chi connectivity index (χ0n) is 13.3. The number of hydrogen-bond donors (Lipinski definition) is 1. The van der Waals surface area contributed by atoms with Gasteiger partial charge in [0, 0.05) is 49.9 Å². The Kier molecular flexibility index (Phi) is 4.64. The molecule has 1 N–H and O–H groups in total. The maximum absolute atomic E-state index is 12.2. The maximum atomic E-state index is 12.2. The lowest BCUT2D eigenvalue weighted by Crippen LogP contribution is -2.52. The minimum absolute atomic E-state index is 0.0142. The van der Waals surface area contributed by atoms with E-state index in [2.05, 4.69) is 5.32 Å². The first-order valence-corrected chi connectivity index (χ1v) is 8.09. The van der Waals surface area contributed by atoms with Crippen LogP contribution < -0.4 is 5.32 Å². The van der Waals surface area contributed by atoms with Gasteiger partial charge in [-0.25, -0.2) is 0 Å². The number of nitrogens with zero attached hydrogens (tertiary/aromatic N) is 3. The van der Waals surface area contributed by atoms with Crippen LogP contribution in [0.15, 0.2) is 24.3 Å². The first-order chi connectivity index (χ1) is 11.5. The van der Waals surface area contributed by atoms with Crippen molar-refractivity contribution in [3.63, 3.8) is 0 Å². The number of rotatable bonds is 5. The van der Waals surface area contributed by atoms with Crippen LogP contribution in [0.2, 0.25) is 0 Å². The van der Waals surface area contributed by atoms with Gasteiger partial charge in [-0.1, -0.05) is 6.07 Å². The summed E-state index contributed by atoms with van der Waals surface area (Å²) in [5.41, 5.74) is 0.528. The molecule has 1 aliphatic carbocycles. The maximum Gasteiger partial charge on any atom is 0.271 e. The summed E-state index contributed by atoms with van der Waals surface area (Å²) in [4.78, 5) is 38.1. The van der Waals surface area contributed by atoms with Gasteiger partial charge in [0.05, 0.1) is 11.5 Å². The lowest BCUT2D eigenvalue weighted by molar-refractivity contribution is -0.384. The molecule has 128 valence electrons. The number of nitrogens with one attached hydrogen (secondary N) is 1. The number of non-ortho nitro benzene ring substituents is 1. The van der Waals surface area contributed by atoms with Gasteiger partial charge in [-0.15, -0.1) is 0 Å². The van der Waals surface area contributed by atoms with Gasteiger partial charge >= 0.3 is 0 Å². The van der Waals surface area contributed by atoms with Gasteiger partial charge in [0.25, 0.3) is 5.69 Å². The molecular formula is C16H20N4O4. The van der Waals surface area contributed by atoms with Gasteiger partial charge in [-0.2, -0.15) is 0 Å². The van der Waals surface area contributed by atoms with Crippen LogP contribution in [0, 0.1) is 16.0 Å². The molecule has 1 heterocycles. The molecule has 1 saturated carbocycles. The fourth-order valence-electron chi connectivity index (χ4n) is 2.78. The highest BCUT2D eigenvalue weighted by atomic mass is 16.6. The highest BCUT2D eigenvalue weighted by Gasteiger charge is 2.35. The zero-order chi connectivity index (χ0) is 17.1. The van der Waals surface area contributed by atoms with Gasteiger partial charge in [0.15, 0.2) is 0 Å². The molecule has 1 aliphatic heterocycles. The SMILES string of the molecule is O=C(CNc1cccc([N+](=O)[O-])c1)N1CCN(C(=O)C2CC2)CC1. The summed E-state index contributed by atoms with van der Waals surface area (Å²) in [6.45, 7) is 2.31. The number of carbonyl (C=O) groups is 2. The first kappa shape index (κ1) is 16.2. The highest BCUT2D eigenvalue weighted by Crippen LogP contribution is 2.31. The quantitative estimate of drug-likeness (QED) is 0.643. The van der Waals surface area contributed by atoms with Crippen molar-refractivity contribution in [2.75, 3.05) is 38.0 Å². The van der Waals surface area contributed by atoms with Crippen LogP contribution in [0.3, 0.4) is 0 Å². The molecular weight excluding hydrogens is 312 g/mol. The highest BCUT2D eigenvalue weighted by molar-refractivity contribution is 5.83. The number of amides is 2. The van der Waals surface area contributed by atoms with Gasteiger partial charge < -0.3 is 15.1 Å². The molecule has 1 saturated heterocycles. The summed E-state index contributed by atoms with van der Waals surface area (Å²) in [5, 5.41) is 13.7. The lowest BCUT2D eigenvalue weighted by atomic mass is 10.2. The zero-order valence-corrected chi connectivity index (χ0v) is 13.3. The fourth-order valence-corrected chi connectivity index (χ4v) is 2.78. The van der Waals surface area contributed by atoms with E-state index in [1.165, 1.54) is 12.1 Å². The van der Waals surface area contributed by atoms with Crippen molar-refractivity contribution >= 4 is 23.2 Å². The van der Waals surface area contributed by atoms with Gasteiger partial charge in [0.1, 0.15) is 0 Å². The van der Waals surface area contributed by atoms with Crippen LogP contribution in [0.1, 0.15) is 12.8 Å². The minimum atomic E-state index is -0.469. The molecule has 3 rings (SSSR count). The van der Waals surface area contributed by atoms with Crippen molar-refractivity contribution in [1.29, 1.82) is 0 Å². The Morgan fingerprint density at radius 2 is 1.83 bits per heavy atom. The Balaban J connectivity index is 1.46. The monoisotopic (exact) mass is 332 g/mol. The van der Waals surface area contributed by atoms with Crippen LogP contribution >= 0.6 is 0 Å². The number of benzene rings is 1. The second-order valence-electron chi connectivity index (χ2n) is 6.14. The summed E-state index contributed by atoms with van der Waals surface area (Å²) in [5.74, 6) is 0.361. The topological polar surface area (TPSA) is 95.8 Å². The summed E-state index contributed by atoms with van der Waals surface area (Å²) in [7, 11) is 0. The number of hydrogen-bond acceptors (Lipinski definition) is 5. The van der Waals surface area contributed by atoms with Gasteiger partial charge in [-0.05, 0) is 18.9 Å². The standard InChI is InChI=1S/C16H20N4O4/c21-15(11-17-13-2-1-3-14(10-13)20(23)24)18-6-8-19(9-7-18)16(22)12-4-5-12/h1-3,10,12,17H,4-9,11H2. The number of carbonyl (C=O) groups excluding carboxylic acids is 2. The molecule has 2 aliphatic rings. The van der Waals surface area contributed by atoms with E-state index in [1.54, 1.807) is 17.0 Å². The normalized spacial score (nSPS) is 17.5. The van der Waals surface area contributed by atoms with Crippen molar-refractivity contribution in [2.45, 2.75) is 12.8 Å². The molecule has 8 heteroatoms. The van der Waals surface area contributed by atoms with Gasteiger partial charge in [0.2, 0.25) is 11.8 Å². The molecule has 2 fully saturated rings. The third-order valence-electron chi connectivity index (χ3n) is 4.37. The summed E-state index contributed by atoms with van der Waals surface area (Å²) in [6.07, 6.45) is 1.98. The van der Waals surface area contributed by atoms with Crippen molar-refractivity contribution in [2.24, 2.45) is 5.92 Å². The Bertz CT molecular complexity index is 651. The molecule has 2 amide bonds. The van der Waals surface area contributed by atoms with Crippen LogP contribution in [-0.2, 0) is 9.59 Å². The Hall–Kier alpha value is -2.64. The van der Waals surface area contributed by atoms with E-state index in [9.17, 15) is 19.7 Å². The molecule has 1 aromatic rings. The molecule has 0 atom stereocenters. The van der Waals surface area contributed by atoms with E-state index in [1.807, 2.05) is 4.90 Å². The number of anilines is 1. The van der Waals surface area contributed by atoms with Crippen molar-refractivity contribution in [1.82, 2.24) is 9.80 Å². The molecule has 8 nitrogen and oxygen atoms in total. The molecule has 0 radical (unpaired) electrons. The van der Waals surface area contributed by atoms with E-state index in [0.29, 0.717) is 31.9 Å². The predicted molar refractivity (Wildman–Crippen MR) is 87.5 cm³/mol. The largest absolute Gasteiger partial charge is 0.376 e. The first-order valence-electron chi connectivity index (χ1n) is 8.09. The van der Waals surface area contributed by atoms with Crippen LogP contribution in [0.4, 0.5) is 11.4 Å². The lowest BCUT2D eigenvalue weighted by Gasteiger charge is -2.35.